The summed E-state index contributed by atoms with van der Waals surface area (Å²) in [4.78, 5) is 3.94. The van der Waals surface area contributed by atoms with Crippen LogP contribution in [0.4, 0.5) is 17.6 Å². The van der Waals surface area contributed by atoms with Crippen LogP contribution in [0.3, 0.4) is 0 Å². The largest absolute Gasteiger partial charge is 0.367 e. The van der Waals surface area contributed by atoms with Gasteiger partial charge in [0.2, 0.25) is 5.89 Å². The first-order valence-corrected chi connectivity index (χ1v) is 6.60. The SMILES string of the molecule is CC(CCN)CCc1nc(COCC(F)(F)C(F)F)no1. The first-order chi connectivity index (χ1) is 9.85. The zero-order valence-electron chi connectivity index (χ0n) is 11.7. The third-order valence-electron chi connectivity index (χ3n) is 2.87. The van der Waals surface area contributed by atoms with Gasteiger partial charge in [-0.05, 0) is 25.3 Å². The predicted octanol–water partition coefficient (Wildman–Crippen LogP) is 2.40. The summed E-state index contributed by atoms with van der Waals surface area (Å²) in [6.45, 7) is 0.856. The quantitative estimate of drug-likeness (QED) is 0.671. The molecule has 0 aliphatic carbocycles. The molecule has 5 nitrogen and oxygen atoms in total. The van der Waals surface area contributed by atoms with Crippen LogP contribution in [0.2, 0.25) is 0 Å². The summed E-state index contributed by atoms with van der Waals surface area (Å²) in [5.41, 5.74) is 5.43. The van der Waals surface area contributed by atoms with Gasteiger partial charge in [0, 0.05) is 6.42 Å². The molecule has 0 saturated heterocycles. The zero-order chi connectivity index (χ0) is 15.9. The normalized spacial score (nSPS) is 13.9. The molecule has 0 fully saturated rings. The first-order valence-electron chi connectivity index (χ1n) is 6.60. The van der Waals surface area contributed by atoms with Gasteiger partial charge in [-0.2, -0.15) is 13.8 Å². The van der Waals surface area contributed by atoms with Crippen LogP contribution in [0, 0.1) is 5.92 Å². The maximum Gasteiger partial charge on any atom is 0.330 e. The molecule has 0 saturated carbocycles. The molecule has 0 radical (unpaired) electrons. The third kappa shape index (κ3) is 6.38. The van der Waals surface area contributed by atoms with Crippen LogP contribution >= 0.6 is 0 Å². The minimum Gasteiger partial charge on any atom is -0.367 e. The van der Waals surface area contributed by atoms with Gasteiger partial charge in [0.15, 0.2) is 5.82 Å². The second-order valence-electron chi connectivity index (χ2n) is 4.88. The van der Waals surface area contributed by atoms with Crippen molar-refractivity contribution in [1.82, 2.24) is 10.1 Å². The van der Waals surface area contributed by atoms with Gasteiger partial charge in [-0.3, -0.25) is 0 Å². The van der Waals surface area contributed by atoms with Crippen molar-refractivity contribution in [3.05, 3.63) is 11.7 Å². The number of ether oxygens (including phenoxy) is 1. The lowest BCUT2D eigenvalue weighted by Crippen LogP contribution is -2.32. The minimum atomic E-state index is -4.18. The van der Waals surface area contributed by atoms with Crippen molar-refractivity contribution >= 4 is 0 Å². The molecule has 21 heavy (non-hydrogen) atoms. The highest BCUT2D eigenvalue weighted by molar-refractivity contribution is 4.85. The van der Waals surface area contributed by atoms with Crippen molar-refractivity contribution in [2.45, 2.75) is 45.1 Å². The van der Waals surface area contributed by atoms with Gasteiger partial charge in [0.25, 0.3) is 0 Å². The number of alkyl halides is 4. The fourth-order valence-corrected chi connectivity index (χ4v) is 1.59. The monoisotopic (exact) mass is 313 g/mol. The summed E-state index contributed by atoms with van der Waals surface area (Å²) in [5.74, 6) is -3.35. The Morgan fingerprint density at radius 3 is 2.67 bits per heavy atom. The Balaban J connectivity index is 2.32. The number of aryl methyl sites for hydroxylation is 1. The lowest BCUT2D eigenvalue weighted by Gasteiger charge is -2.14. The molecule has 1 rings (SSSR count). The van der Waals surface area contributed by atoms with Crippen molar-refractivity contribution < 1.29 is 26.8 Å². The van der Waals surface area contributed by atoms with Crippen LogP contribution in [-0.4, -0.2) is 35.6 Å². The lowest BCUT2D eigenvalue weighted by atomic mass is 10.0. The van der Waals surface area contributed by atoms with Crippen molar-refractivity contribution in [3.8, 4) is 0 Å². The number of halogens is 4. The zero-order valence-corrected chi connectivity index (χ0v) is 11.7. The average molecular weight is 313 g/mol. The highest BCUT2D eigenvalue weighted by Crippen LogP contribution is 2.23. The molecule has 0 bridgehead atoms. The standard InChI is InChI=1S/C12H19F4N3O2/c1-8(4-5-17)2-3-10-18-9(19-21-10)6-20-7-12(15,16)11(13)14/h8,11H,2-7,17H2,1H3. The summed E-state index contributed by atoms with van der Waals surface area (Å²) >= 11 is 0. The van der Waals surface area contributed by atoms with Gasteiger partial charge in [0.05, 0.1) is 0 Å². The molecule has 122 valence electrons. The summed E-state index contributed by atoms with van der Waals surface area (Å²) in [6.07, 6.45) is -1.53. The van der Waals surface area contributed by atoms with Gasteiger partial charge in [-0.1, -0.05) is 12.1 Å². The van der Waals surface area contributed by atoms with E-state index in [1.807, 2.05) is 6.92 Å². The van der Waals surface area contributed by atoms with Crippen molar-refractivity contribution in [1.29, 1.82) is 0 Å². The molecule has 0 amide bonds. The van der Waals surface area contributed by atoms with E-state index in [2.05, 4.69) is 14.9 Å². The molecule has 1 atom stereocenters. The molecule has 0 aliphatic heterocycles. The van der Waals surface area contributed by atoms with E-state index in [1.165, 1.54) is 0 Å². The number of nitrogens with zero attached hydrogens (tertiary/aromatic N) is 2. The lowest BCUT2D eigenvalue weighted by molar-refractivity contribution is -0.168. The van der Waals surface area contributed by atoms with E-state index in [0.717, 1.165) is 12.8 Å². The Morgan fingerprint density at radius 2 is 2.05 bits per heavy atom. The van der Waals surface area contributed by atoms with E-state index < -0.39 is 25.6 Å². The molecule has 1 aromatic heterocycles. The maximum atomic E-state index is 12.6. The fourth-order valence-electron chi connectivity index (χ4n) is 1.59. The summed E-state index contributed by atoms with van der Waals surface area (Å²) in [6, 6.07) is 0. The molecule has 0 aliphatic rings. The summed E-state index contributed by atoms with van der Waals surface area (Å²) in [5, 5.41) is 3.54. The Hall–Kier alpha value is -1.22. The highest BCUT2D eigenvalue weighted by Gasteiger charge is 2.41. The number of hydrogen-bond acceptors (Lipinski definition) is 5. The van der Waals surface area contributed by atoms with Gasteiger partial charge in [-0.15, -0.1) is 0 Å². The molecule has 1 unspecified atom stereocenters. The van der Waals surface area contributed by atoms with E-state index in [9.17, 15) is 17.6 Å². The van der Waals surface area contributed by atoms with Crippen LogP contribution in [0.15, 0.2) is 4.52 Å². The van der Waals surface area contributed by atoms with Crippen molar-refractivity contribution in [2.24, 2.45) is 11.7 Å². The Kier molecular flexibility index (Phi) is 7.03. The second kappa shape index (κ2) is 8.28. The van der Waals surface area contributed by atoms with E-state index >= 15 is 0 Å². The van der Waals surface area contributed by atoms with Crippen LogP contribution in [-0.2, 0) is 17.8 Å². The molecular weight excluding hydrogens is 294 g/mol. The van der Waals surface area contributed by atoms with Gasteiger partial charge in [0.1, 0.15) is 13.2 Å². The van der Waals surface area contributed by atoms with Crippen LogP contribution in [0.5, 0.6) is 0 Å². The van der Waals surface area contributed by atoms with Gasteiger partial charge in [-0.25, -0.2) is 8.78 Å². The molecular formula is C12H19F4N3O2. The summed E-state index contributed by atoms with van der Waals surface area (Å²) < 4.78 is 58.4. The van der Waals surface area contributed by atoms with Crippen molar-refractivity contribution in [2.75, 3.05) is 13.2 Å². The van der Waals surface area contributed by atoms with Gasteiger partial charge >= 0.3 is 12.3 Å². The number of nitrogens with two attached hydrogens (primary N) is 1. The number of aromatic nitrogens is 2. The molecule has 1 heterocycles. The Bertz CT molecular complexity index is 415. The first kappa shape index (κ1) is 17.8. The third-order valence-corrected chi connectivity index (χ3v) is 2.87. The van der Waals surface area contributed by atoms with Crippen LogP contribution < -0.4 is 5.73 Å². The van der Waals surface area contributed by atoms with Crippen molar-refractivity contribution in [3.63, 3.8) is 0 Å². The average Bonchev–Trinajstić information content (AvgIpc) is 2.84. The summed E-state index contributed by atoms with van der Waals surface area (Å²) in [7, 11) is 0. The number of rotatable bonds is 10. The Labute approximate surface area is 119 Å². The second-order valence-corrected chi connectivity index (χ2v) is 4.88. The Morgan fingerprint density at radius 1 is 1.33 bits per heavy atom. The van der Waals surface area contributed by atoms with E-state index in [4.69, 9.17) is 10.3 Å². The highest BCUT2D eigenvalue weighted by atomic mass is 19.3. The fraction of sp³-hybridized carbons (Fsp3) is 0.833. The molecule has 0 spiro atoms. The number of hydrogen-bond donors (Lipinski definition) is 1. The van der Waals surface area contributed by atoms with Crippen LogP contribution in [0.25, 0.3) is 0 Å². The van der Waals surface area contributed by atoms with E-state index in [1.54, 1.807) is 0 Å². The van der Waals surface area contributed by atoms with Gasteiger partial charge < -0.3 is 15.0 Å². The topological polar surface area (TPSA) is 74.2 Å². The predicted molar refractivity (Wildman–Crippen MR) is 66.1 cm³/mol. The van der Waals surface area contributed by atoms with Crippen LogP contribution in [0.1, 0.15) is 31.5 Å². The van der Waals surface area contributed by atoms with E-state index in [-0.39, 0.29) is 5.82 Å². The maximum absolute atomic E-state index is 12.6. The molecule has 0 aromatic carbocycles. The smallest absolute Gasteiger partial charge is 0.330 e. The molecule has 2 N–H and O–H groups in total. The molecule has 1 aromatic rings. The minimum absolute atomic E-state index is 0.0570. The van der Waals surface area contributed by atoms with E-state index in [0.29, 0.717) is 24.8 Å². The molecule has 9 heteroatoms.